The van der Waals surface area contributed by atoms with Crippen LogP contribution in [0, 0.1) is 6.92 Å². The van der Waals surface area contributed by atoms with Crippen LogP contribution in [0.1, 0.15) is 11.1 Å². The van der Waals surface area contributed by atoms with Gasteiger partial charge in [0.1, 0.15) is 6.61 Å². The summed E-state index contributed by atoms with van der Waals surface area (Å²) >= 11 is 4.89. The zero-order chi connectivity index (χ0) is 8.55. The predicted octanol–water partition coefficient (Wildman–Crippen LogP) is 2.22. The van der Waals surface area contributed by atoms with Crippen molar-refractivity contribution in [3.8, 4) is 0 Å². The van der Waals surface area contributed by atoms with Gasteiger partial charge in [-0.2, -0.15) is 0 Å². The van der Waals surface area contributed by atoms with Crippen LogP contribution in [0.2, 0.25) is 0 Å². The van der Waals surface area contributed by atoms with Crippen molar-refractivity contribution in [1.82, 2.24) is 0 Å². The van der Waals surface area contributed by atoms with Crippen LogP contribution in [0.15, 0.2) is 18.2 Å². The Kier molecular flexibility index (Phi) is 1.73. The summed E-state index contributed by atoms with van der Waals surface area (Å²) in [6.45, 7) is 2.66. The molecule has 62 valence electrons. The molecule has 0 aromatic heterocycles. The minimum absolute atomic E-state index is 0.466. The summed E-state index contributed by atoms with van der Waals surface area (Å²) in [5.74, 6) is 0. The van der Waals surface area contributed by atoms with Crippen molar-refractivity contribution in [3.63, 3.8) is 0 Å². The highest BCUT2D eigenvalue weighted by atomic mass is 32.1. The molecule has 0 amide bonds. The molecule has 0 atom stereocenters. The van der Waals surface area contributed by atoms with Crippen molar-refractivity contribution < 1.29 is 4.74 Å². The lowest BCUT2D eigenvalue weighted by Crippen LogP contribution is -2.20. The Hall–Kier alpha value is -1.09. The van der Waals surface area contributed by atoms with Gasteiger partial charge in [-0.3, -0.25) is 0 Å². The van der Waals surface area contributed by atoms with E-state index in [1.54, 1.807) is 0 Å². The first-order chi connectivity index (χ1) is 5.77. The van der Waals surface area contributed by atoms with Crippen LogP contribution < -0.4 is 5.32 Å². The van der Waals surface area contributed by atoms with E-state index in [9.17, 15) is 0 Å². The maximum absolute atomic E-state index is 5.21. The van der Waals surface area contributed by atoms with Gasteiger partial charge >= 0.3 is 0 Å². The van der Waals surface area contributed by atoms with Crippen molar-refractivity contribution in [2.75, 3.05) is 5.32 Å². The van der Waals surface area contributed by atoms with Gasteiger partial charge in [0.05, 0.1) is 0 Å². The molecule has 1 aromatic carbocycles. The molecular weight excluding hydrogens is 170 g/mol. The second-order valence-corrected chi connectivity index (χ2v) is 3.17. The van der Waals surface area contributed by atoms with E-state index in [1.165, 1.54) is 11.1 Å². The third kappa shape index (κ3) is 1.16. The number of hydrogen-bond donors (Lipinski definition) is 1. The Morgan fingerprint density at radius 1 is 1.50 bits per heavy atom. The fraction of sp³-hybridized carbons (Fsp3) is 0.222. The monoisotopic (exact) mass is 179 g/mol. The van der Waals surface area contributed by atoms with Crippen molar-refractivity contribution in [3.05, 3.63) is 29.3 Å². The van der Waals surface area contributed by atoms with E-state index >= 15 is 0 Å². The third-order valence-electron chi connectivity index (χ3n) is 1.99. The summed E-state index contributed by atoms with van der Waals surface area (Å²) < 4.78 is 5.21. The number of anilines is 1. The molecule has 0 bridgehead atoms. The number of thiocarbonyl (C=S) groups is 1. The van der Waals surface area contributed by atoms with Crippen molar-refractivity contribution >= 4 is 23.1 Å². The number of rotatable bonds is 0. The van der Waals surface area contributed by atoms with Gasteiger partial charge in [-0.1, -0.05) is 12.1 Å². The summed E-state index contributed by atoms with van der Waals surface area (Å²) in [6.07, 6.45) is 0. The number of ether oxygens (including phenoxy) is 1. The van der Waals surface area contributed by atoms with E-state index in [0.29, 0.717) is 11.8 Å². The van der Waals surface area contributed by atoms with Crippen LogP contribution in [-0.2, 0) is 11.3 Å². The van der Waals surface area contributed by atoms with Crippen LogP contribution in [-0.4, -0.2) is 5.17 Å². The molecule has 12 heavy (non-hydrogen) atoms. The first-order valence-electron chi connectivity index (χ1n) is 3.79. The lowest BCUT2D eigenvalue weighted by Gasteiger charge is -2.20. The molecule has 0 fully saturated rings. The van der Waals surface area contributed by atoms with Crippen LogP contribution in [0.3, 0.4) is 0 Å². The van der Waals surface area contributed by atoms with E-state index in [-0.39, 0.29) is 0 Å². The molecule has 2 nitrogen and oxygen atoms in total. The Bertz CT molecular complexity index is 335. The molecule has 1 N–H and O–H groups in total. The van der Waals surface area contributed by atoms with Gasteiger partial charge in [-0.25, -0.2) is 0 Å². The fourth-order valence-electron chi connectivity index (χ4n) is 1.29. The van der Waals surface area contributed by atoms with Crippen LogP contribution in [0.25, 0.3) is 0 Å². The largest absolute Gasteiger partial charge is 0.466 e. The highest BCUT2D eigenvalue weighted by Crippen LogP contribution is 2.23. The van der Waals surface area contributed by atoms with E-state index < -0.39 is 0 Å². The maximum atomic E-state index is 5.21. The number of nitrogens with one attached hydrogen (secondary N) is 1. The summed E-state index contributed by atoms with van der Waals surface area (Å²) in [7, 11) is 0. The Labute approximate surface area is 76.5 Å². The second-order valence-electron chi connectivity index (χ2n) is 2.80. The fourth-order valence-corrected chi connectivity index (χ4v) is 1.46. The quantitative estimate of drug-likeness (QED) is 0.617. The Morgan fingerprint density at radius 3 is 3.17 bits per heavy atom. The molecule has 3 heteroatoms. The van der Waals surface area contributed by atoms with Crippen LogP contribution in [0.5, 0.6) is 0 Å². The zero-order valence-electron chi connectivity index (χ0n) is 6.76. The topological polar surface area (TPSA) is 21.3 Å². The predicted molar refractivity (Wildman–Crippen MR) is 52.2 cm³/mol. The van der Waals surface area contributed by atoms with E-state index in [0.717, 1.165) is 5.69 Å². The van der Waals surface area contributed by atoms with Gasteiger partial charge in [0.15, 0.2) is 0 Å². The number of hydrogen-bond acceptors (Lipinski definition) is 2. The Balaban J connectivity index is 2.48. The normalized spacial score (nSPS) is 14.6. The summed E-state index contributed by atoms with van der Waals surface area (Å²) in [4.78, 5) is 0. The molecule has 0 saturated carbocycles. The number of benzene rings is 1. The molecule has 1 aromatic rings. The standard InChI is InChI=1S/C9H9NOS/c1-6-3-2-4-8-7(6)5-11-9(12)10-8/h2-4H,5H2,1H3,(H,10,12). The second kappa shape index (κ2) is 2.75. The third-order valence-corrected chi connectivity index (χ3v) is 2.21. The average molecular weight is 179 g/mol. The molecule has 0 saturated heterocycles. The smallest absolute Gasteiger partial charge is 0.261 e. The molecule has 1 heterocycles. The summed E-state index contributed by atoms with van der Waals surface area (Å²) in [5, 5.41) is 3.48. The zero-order valence-corrected chi connectivity index (χ0v) is 7.57. The summed E-state index contributed by atoms with van der Waals surface area (Å²) in [5.41, 5.74) is 3.51. The molecule has 0 radical (unpaired) electrons. The molecular formula is C9H9NOS. The molecule has 0 spiro atoms. The molecule has 2 rings (SSSR count). The molecule has 0 aliphatic carbocycles. The molecule has 0 unspecified atom stereocenters. The van der Waals surface area contributed by atoms with E-state index in [1.807, 2.05) is 12.1 Å². The van der Waals surface area contributed by atoms with Gasteiger partial charge in [-0.05, 0) is 30.8 Å². The first kappa shape index (κ1) is 7.55. The van der Waals surface area contributed by atoms with Gasteiger partial charge in [0.2, 0.25) is 0 Å². The molecule has 1 aliphatic rings. The van der Waals surface area contributed by atoms with Gasteiger partial charge in [0.25, 0.3) is 5.17 Å². The van der Waals surface area contributed by atoms with Gasteiger partial charge in [0, 0.05) is 11.3 Å². The van der Waals surface area contributed by atoms with Crippen molar-refractivity contribution in [2.45, 2.75) is 13.5 Å². The Morgan fingerprint density at radius 2 is 2.33 bits per heavy atom. The minimum atomic E-state index is 0.466. The van der Waals surface area contributed by atoms with Gasteiger partial charge < -0.3 is 10.1 Å². The summed E-state index contributed by atoms with van der Waals surface area (Å²) in [6, 6.07) is 6.09. The van der Waals surface area contributed by atoms with Gasteiger partial charge in [-0.15, -0.1) is 0 Å². The molecule has 1 aliphatic heterocycles. The number of aryl methyl sites for hydroxylation is 1. The van der Waals surface area contributed by atoms with E-state index in [4.69, 9.17) is 17.0 Å². The SMILES string of the molecule is Cc1cccc2c1COC(=S)N2. The highest BCUT2D eigenvalue weighted by molar-refractivity contribution is 7.80. The van der Waals surface area contributed by atoms with Crippen LogP contribution in [0.4, 0.5) is 5.69 Å². The first-order valence-corrected chi connectivity index (χ1v) is 4.20. The van der Waals surface area contributed by atoms with E-state index in [2.05, 4.69) is 18.3 Å². The average Bonchev–Trinajstić information content (AvgIpc) is 2.04. The lowest BCUT2D eigenvalue weighted by molar-refractivity contribution is 0.293. The van der Waals surface area contributed by atoms with Crippen molar-refractivity contribution in [1.29, 1.82) is 0 Å². The highest BCUT2D eigenvalue weighted by Gasteiger charge is 2.13. The maximum Gasteiger partial charge on any atom is 0.261 e. The lowest BCUT2D eigenvalue weighted by atomic mass is 10.1. The van der Waals surface area contributed by atoms with Crippen LogP contribution >= 0.6 is 12.2 Å². The van der Waals surface area contributed by atoms with Crippen molar-refractivity contribution in [2.24, 2.45) is 0 Å². The minimum Gasteiger partial charge on any atom is -0.466 e. The number of fused-ring (bicyclic) bond motifs is 1.